The summed E-state index contributed by atoms with van der Waals surface area (Å²) < 4.78 is 8.02. The van der Waals surface area contributed by atoms with Crippen LogP contribution in [0, 0.1) is 0 Å². The van der Waals surface area contributed by atoms with E-state index >= 15 is 0 Å². The zero-order valence-electron chi connectivity index (χ0n) is 23.2. The fourth-order valence-electron chi connectivity index (χ4n) is 8.13. The van der Waals surface area contributed by atoms with Gasteiger partial charge in [0.25, 0.3) is 0 Å². The molecule has 8 rings (SSSR count). The molecule has 3 aromatic heterocycles. The van der Waals surface area contributed by atoms with Crippen LogP contribution in [-0.4, -0.2) is 5.75 Å². The molecule has 3 aromatic carbocycles. The molecule has 0 bridgehead atoms. The second-order valence-electron chi connectivity index (χ2n) is 11.0. The number of fused-ring (bicyclic) bond motifs is 1. The quantitative estimate of drug-likeness (QED) is 0.192. The molecule has 0 spiro atoms. The van der Waals surface area contributed by atoms with E-state index in [0.29, 0.717) is 5.92 Å². The highest BCUT2D eigenvalue weighted by Gasteiger charge is 2.37. The van der Waals surface area contributed by atoms with E-state index in [1.165, 1.54) is 5.75 Å². The Bertz CT molecular complexity index is 1990. The van der Waals surface area contributed by atoms with E-state index in [9.17, 15) is 0 Å². The summed E-state index contributed by atoms with van der Waals surface area (Å²) in [5.74, 6) is 1.71. The van der Waals surface area contributed by atoms with E-state index in [-0.39, 0.29) is 0 Å². The molecule has 194 valence electrons. The van der Waals surface area contributed by atoms with Crippen molar-refractivity contribution in [3.8, 4) is 0 Å². The maximum absolute atomic E-state index is 2.58. The molecular weight excluding hydrogens is 537 g/mol. The number of thioether (sulfide) groups is 1. The standard InChI is InChI=1S/C34H34S4/c1-7-15-17(9-3)31-25-23-21(13-35-29(15)23)22-14-36-30-16(8-2)18(10-4)32-26(24(22)30)28-27(25)33(37-31)19(11-5)20(12-6)34(28)38-32/h13,22H,7-12,14H2,1-6H3. The second kappa shape index (κ2) is 8.46. The molecule has 2 aliphatic rings. The molecule has 1 aliphatic carbocycles. The Kier molecular flexibility index (Phi) is 5.39. The summed E-state index contributed by atoms with van der Waals surface area (Å²) in [6.07, 6.45) is 6.77. The molecule has 4 heteroatoms. The summed E-state index contributed by atoms with van der Waals surface area (Å²) in [6.45, 7) is 14.3. The van der Waals surface area contributed by atoms with Crippen LogP contribution in [0.2, 0.25) is 0 Å². The van der Waals surface area contributed by atoms with Gasteiger partial charge in [0.05, 0.1) is 0 Å². The molecule has 38 heavy (non-hydrogen) atoms. The minimum absolute atomic E-state index is 0.514. The Morgan fingerprint density at radius 2 is 1.00 bits per heavy atom. The van der Waals surface area contributed by atoms with Crippen LogP contribution in [0.4, 0.5) is 0 Å². The predicted octanol–water partition coefficient (Wildman–Crippen LogP) is 11.6. The SMILES string of the molecule is CCc1c2c3c4c(sc5c(CC)c(CC)c6sc7c(CC)c(CC)c8scc(c8c7c6c54)C3CS2)c1CC. The van der Waals surface area contributed by atoms with Crippen LogP contribution in [0.3, 0.4) is 0 Å². The van der Waals surface area contributed by atoms with Gasteiger partial charge >= 0.3 is 0 Å². The van der Waals surface area contributed by atoms with Crippen LogP contribution in [0.1, 0.15) is 92.0 Å². The van der Waals surface area contributed by atoms with Crippen molar-refractivity contribution in [1.29, 1.82) is 0 Å². The number of hydrogen-bond acceptors (Lipinski definition) is 4. The Hall–Kier alpha value is -1.59. The van der Waals surface area contributed by atoms with Gasteiger partial charge in [0.15, 0.2) is 0 Å². The molecule has 0 N–H and O–H groups in total. The molecule has 0 radical (unpaired) electrons. The number of rotatable bonds is 6. The number of aryl methyl sites for hydroxylation is 5. The molecule has 1 aliphatic heterocycles. The lowest BCUT2D eigenvalue weighted by Crippen LogP contribution is -2.04. The first kappa shape index (κ1) is 24.2. The lowest BCUT2D eigenvalue weighted by Gasteiger charge is -2.20. The first-order chi connectivity index (χ1) is 18.6. The molecule has 0 saturated carbocycles. The van der Waals surface area contributed by atoms with Crippen LogP contribution in [0.25, 0.3) is 50.4 Å². The Labute approximate surface area is 241 Å². The van der Waals surface area contributed by atoms with Gasteiger partial charge in [0.2, 0.25) is 0 Å². The monoisotopic (exact) mass is 570 g/mol. The molecule has 6 aromatic rings. The highest BCUT2D eigenvalue weighted by Crippen LogP contribution is 2.61. The summed E-state index contributed by atoms with van der Waals surface area (Å²) in [5, 5.41) is 10.7. The van der Waals surface area contributed by atoms with Crippen molar-refractivity contribution in [3.63, 3.8) is 0 Å². The van der Waals surface area contributed by atoms with Gasteiger partial charge in [-0.15, -0.1) is 45.8 Å². The van der Waals surface area contributed by atoms with Gasteiger partial charge in [-0.1, -0.05) is 41.5 Å². The van der Waals surface area contributed by atoms with Crippen molar-refractivity contribution in [2.75, 3.05) is 5.75 Å². The van der Waals surface area contributed by atoms with Crippen LogP contribution < -0.4 is 0 Å². The predicted molar refractivity (Wildman–Crippen MR) is 176 cm³/mol. The molecule has 1 unspecified atom stereocenters. The van der Waals surface area contributed by atoms with Crippen LogP contribution in [-0.2, 0) is 38.5 Å². The molecule has 0 nitrogen and oxygen atoms in total. The normalized spacial score (nSPS) is 16.3. The van der Waals surface area contributed by atoms with E-state index in [0.717, 1.165) is 38.5 Å². The van der Waals surface area contributed by atoms with Gasteiger partial charge < -0.3 is 0 Å². The average Bonchev–Trinajstić information content (AvgIpc) is 3.70. The molecule has 0 fully saturated rings. The zero-order valence-corrected chi connectivity index (χ0v) is 26.5. The van der Waals surface area contributed by atoms with Gasteiger partial charge in [0.1, 0.15) is 0 Å². The molecule has 4 heterocycles. The number of hydrogen-bond donors (Lipinski definition) is 0. The zero-order chi connectivity index (χ0) is 26.0. The maximum Gasteiger partial charge on any atom is 0.0397 e. The fourth-order valence-corrected chi connectivity index (χ4v) is 14.1. The van der Waals surface area contributed by atoms with Crippen molar-refractivity contribution >= 4 is 96.2 Å². The highest BCUT2D eigenvalue weighted by molar-refractivity contribution is 7.99. The number of thiophene rings is 3. The summed E-state index contributed by atoms with van der Waals surface area (Å²) in [7, 11) is 0. The fraction of sp³-hybridized carbons (Fsp3) is 0.412. The van der Waals surface area contributed by atoms with Crippen molar-refractivity contribution in [2.24, 2.45) is 0 Å². The third-order valence-electron chi connectivity index (χ3n) is 9.63. The summed E-state index contributed by atoms with van der Waals surface area (Å²) >= 11 is 8.51. The van der Waals surface area contributed by atoms with Crippen molar-refractivity contribution < 1.29 is 0 Å². The van der Waals surface area contributed by atoms with E-state index in [2.05, 4.69) is 81.4 Å². The molecular formula is C34H34S4. The van der Waals surface area contributed by atoms with Gasteiger partial charge in [-0.3, -0.25) is 0 Å². The third-order valence-corrected chi connectivity index (χ3v) is 14.6. The first-order valence-corrected chi connectivity index (χ1v) is 18.1. The van der Waals surface area contributed by atoms with Crippen molar-refractivity contribution in [3.05, 3.63) is 49.9 Å². The lowest BCUT2D eigenvalue weighted by molar-refractivity contribution is 0.938. The summed E-state index contributed by atoms with van der Waals surface area (Å²) in [6, 6.07) is 0. The van der Waals surface area contributed by atoms with Crippen molar-refractivity contribution in [2.45, 2.75) is 90.9 Å². The Morgan fingerprint density at radius 3 is 1.55 bits per heavy atom. The van der Waals surface area contributed by atoms with Crippen molar-refractivity contribution in [1.82, 2.24) is 0 Å². The smallest absolute Gasteiger partial charge is 0.0397 e. The second-order valence-corrected chi connectivity index (χ2v) is 15.0. The number of benzene rings is 3. The Balaban J connectivity index is 1.80. The molecule has 0 amide bonds. The largest absolute Gasteiger partial charge is 0.143 e. The topological polar surface area (TPSA) is 0 Å². The Morgan fingerprint density at radius 1 is 0.553 bits per heavy atom. The van der Waals surface area contributed by atoms with Crippen LogP contribution in [0.5, 0.6) is 0 Å². The van der Waals surface area contributed by atoms with Crippen LogP contribution in [0.15, 0.2) is 10.3 Å². The third kappa shape index (κ3) is 2.65. The first-order valence-electron chi connectivity index (χ1n) is 14.6. The van der Waals surface area contributed by atoms with Gasteiger partial charge in [0, 0.05) is 67.0 Å². The molecule has 0 saturated heterocycles. The highest BCUT2D eigenvalue weighted by atomic mass is 32.2. The maximum atomic E-state index is 2.58. The van der Waals surface area contributed by atoms with Gasteiger partial charge in [-0.25, -0.2) is 0 Å². The average molecular weight is 571 g/mol. The van der Waals surface area contributed by atoms with E-state index in [1.807, 2.05) is 11.3 Å². The summed E-state index contributed by atoms with van der Waals surface area (Å²) in [4.78, 5) is 1.64. The van der Waals surface area contributed by atoms with E-state index in [1.54, 1.807) is 99.8 Å². The molecule has 1 atom stereocenters. The lowest BCUT2D eigenvalue weighted by atomic mass is 9.81. The van der Waals surface area contributed by atoms with Gasteiger partial charge in [-0.05, 0) is 88.4 Å². The minimum Gasteiger partial charge on any atom is -0.143 e. The summed E-state index contributed by atoms with van der Waals surface area (Å²) in [5.41, 5.74) is 13.1. The van der Waals surface area contributed by atoms with E-state index < -0.39 is 0 Å². The van der Waals surface area contributed by atoms with E-state index in [4.69, 9.17) is 0 Å². The minimum atomic E-state index is 0.514. The van der Waals surface area contributed by atoms with Crippen LogP contribution >= 0.6 is 45.8 Å². The van der Waals surface area contributed by atoms with Gasteiger partial charge in [-0.2, -0.15) is 0 Å².